The summed E-state index contributed by atoms with van der Waals surface area (Å²) in [6.45, 7) is 3.18. The molecule has 0 amide bonds. The third kappa shape index (κ3) is 4.64. The Labute approximate surface area is 155 Å². The summed E-state index contributed by atoms with van der Waals surface area (Å²) >= 11 is 6.04. The maximum Gasteiger partial charge on any atom is 0.218 e. The molecule has 0 aliphatic carbocycles. The lowest BCUT2D eigenvalue weighted by molar-refractivity contribution is 0.269. The molecule has 0 unspecified atom stereocenters. The van der Waals surface area contributed by atoms with Gasteiger partial charge in [0.05, 0.1) is 11.6 Å². The fraction of sp³-hybridized carbons (Fsp3) is 0.222. The molecule has 0 aliphatic heterocycles. The van der Waals surface area contributed by atoms with E-state index in [0.29, 0.717) is 41.2 Å². The third-order valence-corrected chi connectivity index (χ3v) is 3.93. The second-order valence-corrected chi connectivity index (χ2v) is 5.83. The number of halogens is 2. The standard InChI is InChI=1S/C18H18ClFN4O2/c1-2-25-17-7-12(9-21-18-22-11-23-24-18)3-6-16(17)26-10-13-4-5-14(20)8-15(13)19/h3-8,11H,2,9-10H2,1H3,(H2,21,22,23,24). The van der Waals surface area contributed by atoms with Crippen LogP contribution in [-0.4, -0.2) is 21.8 Å². The van der Waals surface area contributed by atoms with Crippen LogP contribution in [0.5, 0.6) is 11.5 Å². The summed E-state index contributed by atoms with van der Waals surface area (Å²) in [4.78, 5) is 4.01. The van der Waals surface area contributed by atoms with Gasteiger partial charge >= 0.3 is 0 Å². The van der Waals surface area contributed by atoms with E-state index in [1.807, 2.05) is 25.1 Å². The Morgan fingerprint density at radius 2 is 2.04 bits per heavy atom. The molecule has 1 heterocycles. The second kappa shape index (κ2) is 8.53. The van der Waals surface area contributed by atoms with Crippen molar-refractivity contribution in [3.63, 3.8) is 0 Å². The van der Waals surface area contributed by atoms with Gasteiger partial charge in [0.15, 0.2) is 11.5 Å². The van der Waals surface area contributed by atoms with Crippen molar-refractivity contribution in [3.8, 4) is 11.5 Å². The highest BCUT2D eigenvalue weighted by molar-refractivity contribution is 6.31. The molecule has 3 aromatic rings. The first-order chi connectivity index (χ1) is 12.7. The molecule has 0 bridgehead atoms. The van der Waals surface area contributed by atoms with Crippen LogP contribution in [0.3, 0.4) is 0 Å². The predicted molar refractivity (Wildman–Crippen MR) is 97.1 cm³/mol. The third-order valence-electron chi connectivity index (χ3n) is 3.58. The lowest BCUT2D eigenvalue weighted by Gasteiger charge is -2.14. The average molecular weight is 377 g/mol. The second-order valence-electron chi connectivity index (χ2n) is 5.43. The van der Waals surface area contributed by atoms with E-state index in [1.54, 1.807) is 6.07 Å². The molecule has 0 fully saturated rings. The summed E-state index contributed by atoms with van der Waals surface area (Å²) in [5, 5.41) is 9.97. The molecule has 0 atom stereocenters. The van der Waals surface area contributed by atoms with Crippen LogP contribution in [-0.2, 0) is 13.2 Å². The molecule has 136 valence electrons. The van der Waals surface area contributed by atoms with Crippen molar-refractivity contribution >= 4 is 17.5 Å². The van der Waals surface area contributed by atoms with E-state index in [-0.39, 0.29) is 12.4 Å². The Hall–Kier alpha value is -2.80. The van der Waals surface area contributed by atoms with Gasteiger partial charge in [0, 0.05) is 12.1 Å². The molecule has 0 aliphatic rings. The van der Waals surface area contributed by atoms with Gasteiger partial charge in [-0.2, -0.15) is 5.10 Å². The largest absolute Gasteiger partial charge is 0.490 e. The molecule has 2 aromatic carbocycles. The Kier molecular flexibility index (Phi) is 5.91. The van der Waals surface area contributed by atoms with Gasteiger partial charge in [-0.3, -0.25) is 0 Å². The van der Waals surface area contributed by atoms with Gasteiger partial charge in [0.1, 0.15) is 18.8 Å². The molecule has 0 radical (unpaired) electrons. The smallest absolute Gasteiger partial charge is 0.218 e. The van der Waals surface area contributed by atoms with Gasteiger partial charge in [0.25, 0.3) is 0 Å². The van der Waals surface area contributed by atoms with Crippen LogP contribution in [0, 0.1) is 5.82 Å². The minimum Gasteiger partial charge on any atom is -0.490 e. The SMILES string of the molecule is CCOc1cc(CNc2ncn[nH]2)ccc1OCc1ccc(F)cc1Cl. The number of H-pyrrole nitrogens is 1. The summed E-state index contributed by atoms with van der Waals surface area (Å²) in [5.41, 5.74) is 1.70. The first kappa shape index (κ1) is 18.0. The maximum absolute atomic E-state index is 13.1. The number of rotatable bonds is 8. The fourth-order valence-electron chi connectivity index (χ4n) is 2.32. The van der Waals surface area contributed by atoms with E-state index in [9.17, 15) is 4.39 Å². The Balaban J connectivity index is 1.69. The molecule has 1 aromatic heterocycles. The van der Waals surface area contributed by atoms with Crippen LogP contribution in [0.15, 0.2) is 42.7 Å². The monoisotopic (exact) mass is 376 g/mol. The van der Waals surface area contributed by atoms with Crippen LogP contribution in [0.4, 0.5) is 10.3 Å². The zero-order valence-electron chi connectivity index (χ0n) is 14.1. The van der Waals surface area contributed by atoms with E-state index < -0.39 is 0 Å². The number of nitrogens with one attached hydrogen (secondary N) is 2. The van der Waals surface area contributed by atoms with Gasteiger partial charge in [-0.05, 0) is 36.8 Å². The quantitative estimate of drug-likeness (QED) is 0.616. The number of benzene rings is 2. The van der Waals surface area contributed by atoms with E-state index in [4.69, 9.17) is 21.1 Å². The van der Waals surface area contributed by atoms with Gasteiger partial charge < -0.3 is 14.8 Å². The van der Waals surface area contributed by atoms with E-state index in [0.717, 1.165) is 5.56 Å². The molecule has 6 nitrogen and oxygen atoms in total. The van der Waals surface area contributed by atoms with Crippen LogP contribution < -0.4 is 14.8 Å². The summed E-state index contributed by atoms with van der Waals surface area (Å²) in [6.07, 6.45) is 1.44. The van der Waals surface area contributed by atoms with Crippen molar-refractivity contribution < 1.29 is 13.9 Å². The molecular formula is C18H18ClFN4O2. The lowest BCUT2D eigenvalue weighted by atomic mass is 10.2. The number of nitrogens with zero attached hydrogens (tertiary/aromatic N) is 2. The van der Waals surface area contributed by atoms with Crippen LogP contribution >= 0.6 is 11.6 Å². The first-order valence-corrected chi connectivity index (χ1v) is 8.45. The highest BCUT2D eigenvalue weighted by Crippen LogP contribution is 2.30. The lowest BCUT2D eigenvalue weighted by Crippen LogP contribution is -2.04. The summed E-state index contributed by atoms with van der Waals surface area (Å²) < 4.78 is 24.6. The number of hydrogen-bond donors (Lipinski definition) is 2. The van der Waals surface area contributed by atoms with Gasteiger partial charge in [-0.15, -0.1) is 0 Å². The number of ether oxygens (including phenoxy) is 2. The molecule has 8 heteroatoms. The zero-order valence-corrected chi connectivity index (χ0v) is 14.9. The summed E-state index contributed by atoms with van der Waals surface area (Å²) in [6, 6.07) is 9.88. The summed E-state index contributed by atoms with van der Waals surface area (Å²) in [7, 11) is 0. The first-order valence-electron chi connectivity index (χ1n) is 8.07. The Morgan fingerprint density at radius 3 is 2.77 bits per heavy atom. The predicted octanol–water partition coefficient (Wildman–Crippen LogP) is 4.19. The van der Waals surface area contributed by atoms with Gasteiger partial charge in [-0.1, -0.05) is 23.7 Å². The zero-order chi connectivity index (χ0) is 18.4. The van der Waals surface area contributed by atoms with Crippen molar-refractivity contribution in [3.05, 3.63) is 64.7 Å². The minimum atomic E-state index is -0.377. The van der Waals surface area contributed by atoms with Crippen LogP contribution in [0.25, 0.3) is 0 Å². The van der Waals surface area contributed by atoms with Gasteiger partial charge in [0.2, 0.25) is 5.95 Å². The highest BCUT2D eigenvalue weighted by Gasteiger charge is 2.09. The Morgan fingerprint density at radius 1 is 1.15 bits per heavy atom. The van der Waals surface area contributed by atoms with Crippen LogP contribution in [0.1, 0.15) is 18.1 Å². The topological polar surface area (TPSA) is 72.1 Å². The van der Waals surface area contributed by atoms with Crippen LogP contribution in [0.2, 0.25) is 5.02 Å². The van der Waals surface area contributed by atoms with Crippen molar-refractivity contribution in [2.75, 3.05) is 11.9 Å². The molecule has 0 saturated heterocycles. The number of hydrogen-bond acceptors (Lipinski definition) is 5. The van der Waals surface area contributed by atoms with E-state index in [2.05, 4.69) is 20.5 Å². The maximum atomic E-state index is 13.1. The van der Waals surface area contributed by atoms with Crippen molar-refractivity contribution in [2.24, 2.45) is 0 Å². The Bertz CT molecular complexity index is 858. The molecule has 3 rings (SSSR count). The summed E-state index contributed by atoms with van der Waals surface area (Å²) in [5.74, 6) is 1.44. The normalized spacial score (nSPS) is 10.6. The average Bonchev–Trinajstić information content (AvgIpc) is 3.14. The van der Waals surface area contributed by atoms with E-state index in [1.165, 1.54) is 18.5 Å². The van der Waals surface area contributed by atoms with E-state index >= 15 is 0 Å². The fourth-order valence-corrected chi connectivity index (χ4v) is 2.54. The minimum absolute atomic E-state index is 0.217. The molecule has 26 heavy (non-hydrogen) atoms. The molecule has 2 N–H and O–H groups in total. The van der Waals surface area contributed by atoms with Gasteiger partial charge in [-0.25, -0.2) is 14.5 Å². The van der Waals surface area contributed by atoms with Crippen molar-refractivity contribution in [2.45, 2.75) is 20.1 Å². The number of aromatic nitrogens is 3. The number of aromatic amines is 1. The van der Waals surface area contributed by atoms with Crippen molar-refractivity contribution in [1.29, 1.82) is 0 Å². The van der Waals surface area contributed by atoms with Crippen molar-refractivity contribution in [1.82, 2.24) is 15.2 Å². The number of anilines is 1. The highest BCUT2D eigenvalue weighted by atomic mass is 35.5. The molecular weight excluding hydrogens is 359 g/mol. The molecule has 0 saturated carbocycles. The molecule has 0 spiro atoms.